The van der Waals surface area contributed by atoms with Crippen LogP contribution >= 0.6 is 11.6 Å². The SMILES string of the molecule is CC(C)c1ccc(C(=O)[O-])cc1Cl. The zero-order chi connectivity index (χ0) is 10.0. The van der Waals surface area contributed by atoms with Crippen LogP contribution in [0.15, 0.2) is 18.2 Å². The Bertz CT molecular complexity index is 332. The predicted octanol–water partition coefficient (Wildman–Crippen LogP) is 1.83. The van der Waals surface area contributed by atoms with Crippen molar-refractivity contribution < 1.29 is 9.90 Å². The number of carboxylic acid groups (broad SMARTS) is 1. The maximum atomic E-state index is 10.5. The standard InChI is InChI=1S/C10H11ClO2/c1-6(2)8-4-3-7(10(12)13)5-9(8)11/h3-6H,1-2H3,(H,12,13)/p-1. The van der Waals surface area contributed by atoms with Gasteiger partial charge in [0.15, 0.2) is 0 Å². The smallest absolute Gasteiger partial charge is 0.0715 e. The summed E-state index contributed by atoms with van der Waals surface area (Å²) in [7, 11) is 0. The third-order valence-electron chi connectivity index (χ3n) is 1.86. The minimum Gasteiger partial charge on any atom is -0.545 e. The van der Waals surface area contributed by atoms with Gasteiger partial charge in [-0.1, -0.05) is 37.6 Å². The van der Waals surface area contributed by atoms with Gasteiger partial charge in [0.1, 0.15) is 0 Å². The summed E-state index contributed by atoms with van der Waals surface area (Å²) >= 11 is 5.88. The van der Waals surface area contributed by atoms with Crippen LogP contribution in [-0.2, 0) is 0 Å². The second kappa shape index (κ2) is 3.79. The monoisotopic (exact) mass is 197 g/mol. The summed E-state index contributed by atoms with van der Waals surface area (Å²) in [5, 5.41) is 10.9. The maximum absolute atomic E-state index is 10.5. The Balaban J connectivity index is 3.13. The highest BCUT2D eigenvalue weighted by Crippen LogP contribution is 2.24. The quantitative estimate of drug-likeness (QED) is 0.726. The molecule has 0 heterocycles. The Kier molecular flexibility index (Phi) is 2.94. The highest BCUT2D eigenvalue weighted by atomic mass is 35.5. The van der Waals surface area contributed by atoms with E-state index in [1.807, 2.05) is 13.8 Å². The summed E-state index contributed by atoms with van der Waals surface area (Å²) in [5.41, 5.74) is 1.07. The molecule has 0 atom stereocenters. The lowest BCUT2D eigenvalue weighted by molar-refractivity contribution is -0.255. The minimum absolute atomic E-state index is 0.120. The third kappa shape index (κ3) is 2.22. The fraction of sp³-hybridized carbons (Fsp3) is 0.300. The van der Waals surface area contributed by atoms with E-state index in [0.717, 1.165) is 5.56 Å². The Morgan fingerprint density at radius 2 is 2.08 bits per heavy atom. The lowest BCUT2D eigenvalue weighted by Crippen LogP contribution is -2.22. The van der Waals surface area contributed by atoms with Crippen molar-refractivity contribution in [2.45, 2.75) is 19.8 Å². The van der Waals surface area contributed by atoms with Crippen molar-refractivity contribution in [2.24, 2.45) is 0 Å². The van der Waals surface area contributed by atoms with Crippen molar-refractivity contribution in [2.75, 3.05) is 0 Å². The van der Waals surface area contributed by atoms with Crippen molar-refractivity contribution in [3.05, 3.63) is 34.3 Å². The molecule has 0 aliphatic rings. The van der Waals surface area contributed by atoms with E-state index in [9.17, 15) is 9.90 Å². The van der Waals surface area contributed by atoms with E-state index in [2.05, 4.69) is 0 Å². The summed E-state index contributed by atoms with van der Waals surface area (Å²) in [4.78, 5) is 10.5. The average Bonchev–Trinajstić information content (AvgIpc) is 2.03. The van der Waals surface area contributed by atoms with Crippen LogP contribution < -0.4 is 5.11 Å². The van der Waals surface area contributed by atoms with E-state index in [1.54, 1.807) is 6.07 Å². The zero-order valence-electron chi connectivity index (χ0n) is 7.50. The molecule has 0 saturated carbocycles. The van der Waals surface area contributed by atoms with E-state index in [0.29, 0.717) is 10.9 Å². The Morgan fingerprint density at radius 1 is 1.46 bits per heavy atom. The molecule has 0 unspecified atom stereocenters. The van der Waals surface area contributed by atoms with Gasteiger partial charge in [0, 0.05) is 5.02 Å². The zero-order valence-corrected chi connectivity index (χ0v) is 8.26. The first-order valence-electron chi connectivity index (χ1n) is 4.03. The van der Waals surface area contributed by atoms with Crippen LogP contribution in [0.1, 0.15) is 35.7 Å². The second-order valence-corrected chi connectivity index (χ2v) is 3.59. The summed E-state index contributed by atoms with van der Waals surface area (Å²) in [6.45, 7) is 4.00. The normalized spacial score (nSPS) is 10.5. The van der Waals surface area contributed by atoms with Crippen LogP contribution in [0.3, 0.4) is 0 Å². The van der Waals surface area contributed by atoms with E-state index in [4.69, 9.17) is 11.6 Å². The predicted molar refractivity (Wildman–Crippen MR) is 49.9 cm³/mol. The molecule has 0 radical (unpaired) electrons. The molecule has 0 aliphatic heterocycles. The number of hydrogen-bond donors (Lipinski definition) is 0. The highest BCUT2D eigenvalue weighted by molar-refractivity contribution is 6.31. The van der Waals surface area contributed by atoms with Crippen LogP contribution in [0.25, 0.3) is 0 Å². The first kappa shape index (κ1) is 10.1. The summed E-state index contributed by atoms with van der Waals surface area (Å²) in [5.74, 6) is -0.902. The van der Waals surface area contributed by atoms with Gasteiger partial charge in [0.05, 0.1) is 5.97 Å². The number of aromatic carboxylic acids is 1. The van der Waals surface area contributed by atoms with Gasteiger partial charge in [-0.25, -0.2) is 0 Å². The summed E-state index contributed by atoms with van der Waals surface area (Å²) < 4.78 is 0. The number of rotatable bonds is 2. The van der Waals surface area contributed by atoms with Gasteiger partial charge in [-0.2, -0.15) is 0 Å². The number of benzene rings is 1. The second-order valence-electron chi connectivity index (χ2n) is 3.18. The molecule has 0 fully saturated rings. The minimum atomic E-state index is -1.20. The average molecular weight is 198 g/mol. The van der Waals surface area contributed by atoms with Crippen LogP contribution in [0, 0.1) is 0 Å². The molecular weight excluding hydrogens is 188 g/mol. The molecule has 0 saturated heterocycles. The molecule has 1 aromatic rings. The van der Waals surface area contributed by atoms with Gasteiger partial charge in [-0.15, -0.1) is 0 Å². The van der Waals surface area contributed by atoms with Crippen LogP contribution in [0.5, 0.6) is 0 Å². The molecule has 3 heteroatoms. The van der Waals surface area contributed by atoms with Crippen molar-refractivity contribution in [3.8, 4) is 0 Å². The molecular formula is C10H10ClO2-. The molecule has 13 heavy (non-hydrogen) atoms. The van der Waals surface area contributed by atoms with Gasteiger partial charge >= 0.3 is 0 Å². The molecule has 0 N–H and O–H groups in total. The molecule has 0 amide bonds. The maximum Gasteiger partial charge on any atom is 0.0715 e. The van der Waals surface area contributed by atoms with Gasteiger partial charge in [0.2, 0.25) is 0 Å². The first-order valence-corrected chi connectivity index (χ1v) is 4.41. The molecule has 1 aromatic carbocycles. The van der Waals surface area contributed by atoms with Gasteiger partial charge < -0.3 is 9.90 Å². The van der Waals surface area contributed by atoms with E-state index in [-0.39, 0.29) is 5.56 Å². The van der Waals surface area contributed by atoms with Crippen LogP contribution in [-0.4, -0.2) is 5.97 Å². The molecule has 70 valence electrons. The van der Waals surface area contributed by atoms with E-state index < -0.39 is 5.97 Å². The summed E-state index contributed by atoms with van der Waals surface area (Å²) in [6.07, 6.45) is 0. The molecule has 0 aliphatic carbocycles. The van der Waals surface area contributed by atoms with Crippen molar-refractivity contribution in [1.82, 2.24) is 0 Å². The molecule has 1 rings (SSSR count). The van der Waals surface area contributed by atoms with Crippen molar-refractivity contribution in [1.29, 1.82) is 0 Å². The number of halogens is 1. The van der Waals surface area contributed by atoms with Crippen molar-refractivity contribution in [3.63, 3.8) is 0 Å². The van der Waals surface area contributed by atoms with E-state index >= 15 is 0 Å². The fourth-order valence-electron chi connectivity index (χ4n) is 1.12. The molecule has 0 spiro atoms. The Morgan fingerprint density at radius 3 is 2.46 bits per heavy atom. The molecule has 0 bridgehead atoms. The number of carbonyl (C=O) groups excluding carboxylic acids is 1. The van der Waals surface area contributed by atoms with Gasteiger partial charge in [-0.3, -0.25) is 0 Å². The number of carboxylic acids is 1. The Hall–Kier alpha value is -1.02. The largest absolute Gasteiger partial charge is 0.545 e. The van der Waals surface area contributed by atoms with E-state index in [1.165, 1.54) is 12.1 Å². The first-order chi connectivity index (χ1) is 6.02. The topological polar surface area (TPSA) is 40.1 Å². The van der Waals surface area contributed by atoms with Crippen molar-refractivity contribution >= 4 is 17.6 Å². The molecule has 2 nitrogen and oxygen atoms in total. The fourth-order valence-corrected chi connectivity index (χ4v) is 1.52. The van der Waals surface area contributed by atoms with Crippen LogP contribution in [0.4, 0.5) is 0 Å². The van der Waals surface area contributed by atoms with Gasteiger partial charge in [0.25, 0.3) is 0 Å². The number of hydrogen-bond acceptors (Lipinski definition) is 2. The lowest BCUT2D eigenvalue weighted by Gasteiger charge is -2.10. The highest BCUT2D eigenvalue weighted by Gasteiger charge is 2.05. The number of carbonyl (C=O) groups is 1. The Labute approximate surface area is 82.2 Å². The third-order valence-corrected chi connectivity index (χ3v) is 2.19. The summed E-state index contributed by atoms with van der Waals surface area (Å²) in [6, 6.07) is 4.65. The lowest BCUT2D eigenvalue weighted by atomic mass is 10.0. The van der Waals surface area contributed by atoms with Crippen LogP contribution in [0.2, 0.25) is 5.02 Å². The van der Waals surface area contributed by atoms with Gasteiger partial charge in [-0.05, 0) is 23.1 Å². The molecule has 0 aromatic heterocycles.